The van der Waals surface area contributed by atoms with Crippen LogP contribution in [0.15, 0.2) is 0 Å². The summed E-state index contributed by atoms with van der Waals surface area (Å²) in [5.74, 6) is 0.542. The van der Waals surface area contributed by atoms with Gasteiger partial charge in [0.25, 0.3) is 0 Å². The first-order valence-electron chi connectivity index (χ1n) is 6.54. The Labute approximate surface area is 97.8 Å². The van der Waals surface area contributed by atoms with E-state index >= 15 is 0 Å². The lowest BCUT2D eigenvalue weighted by atomic mass is 9.81. The van der Waals surface area contributed by atoms with Gasteiger partial charge in [0.05, 0.1) is 5.41 Å². The maximum atomic E-state index is 11.5. The molecule has 1 saturated carbocycles. The number of carboxylic acids is 1. The molecule has 1 saturated heterocycles. The van der Waals surface area contributed by atoms with Crippen LogP contribution in [0.2, 0.25) is 0 Å². The van der Waals surface area contributed by atoms with Gasteiger partial charge in [-0.05, 0) is 24.7 Å². The highest BCUT2D eigenvalue weighted by Gasteiger charge is 2.54. The largest absolute Gasteiger partial charge is 0.481 e. The number of hydrogen-bond donors (Lipinski definition) is 1. The Kier molecular flexibility index (Phi) is 3.24. The van der Waals surface area contributed by atoms with Crippen molar-refractivity contribution in [2.24, 2.45) is 17.3 Å². The van der Waals surface area contributed by atoms with Crippen LogP contribution in [0.1, 0.15) is 39.5 Å². The lowest BCUT2D eigenvalue weighted by molar-refractivity contribution is -0.149. The van der Waals surface area contributed by atoms with Crippen LogP contribution in [0.4, 0.5) is 0 Å². The van der Waals surface area contributed by atoms with E-state index in [9.17, 15) is 9.90 Å². The molecule has 16 heavy (non-hydrogen) atoms. The van der Waals surface area contributed by atoms with Gasteiger partial charge in [0.15, 0.2) is 0 Å². The Balaban J connectivity index is 2.02. The number of rotatable bonds is 4. The van der Waals surface area contributed by atoms with Crippen molar-refractivity contribution in [1.82, 2.24) is 4.90 Å². The number of carbonyl (C=O) groups is 1. The highest BCUT2D eigenvalue weighted by Crippen LogP contribution is 2.48. The topological polar surface area (TPSA) is 40.5 Å². The molecule has 0 aromatic heterocycles. The van der Waals surface area contributed by atoms with E-state index < -0.39 is 11.4 Å². The summed E-state index contributed by atoms with van der Waals surface area (Å²) in [6.45, 7) is 7.33. The van der Waals surface area contributed by atoms with E-state index in [4.69, 9.17) is 0 Å². The number of hydrogen-bond acceptors (Lipinski definition) is 2. The Morgan fingerprint density at radius 2 is 2.38 bits per heavy atom. The fourth-order valence-electron chi connectivity index (χ4n) is 3.45. The molecule has 3 atom stereocenters. The zero-order chi connectivity index (χ0) is 11.8. The van der Waals surface area contributed by atoms with Gasteiger partial charge in [-0.25, -0.2) is 0 Å². The number of fused-ring (bicyclic) bond motifs is 1. The average molecular weight is 225 g/mol. The van der Waals surface area contributed by atoms with Crippen LogP contribution < -0.4 is 0 Å². The standard InChI is InChI=1S/C13H23NO2/c1-3-10(2)7-14-8-11-5-4-6-13(11,9-14)12(15)16/h10-11H,3-9H2,1-2H3,(H,15,16)/t10?,11-,13+/m0/s1. The van der Waals surface area contributed by atoms with Crippen molar-refractivity contribution in [2.45, 2.75) is 39.5 Å². The molecule has 0 radical (unpaired) electrons. The number of aliphatic carboxylic acids is 1. The van der Waals surface area contributed by atoms with E-state index in [0.717, 1.165) is 38.9 Å². The van der Waals surface area contributed by atoms with Gasteiger partial charge in [-0.1, -0.05) is 26.7 Å². The quantitative estimate of drug-likeness (QED) is 0.797. The summed E-state index contributed by atoms with van der Waals surface area (Å²) >= 11 is 0. The highest BCUT2D eigenvalue weighted by molar-refractivity contribution is 5.76. The highest BCUT2D eigenvalue weighted by atomic mass is 16.4. The molecule has 2 fully saturated rings. The van der Waals surface area contributed by atoms with Crippen LogP contribution >= 0.6 is 0 Å². The summed E-state index contributed by atoms with van der Waals surface area (Å²) in [6.07, 6.45) is 4.29. The predicted molar refractivity (Wildman–Crippen MR) is 63.3 cm³/mol. The lowest BCUT2D eigenvalue weighted by Crippen LogP contribution is -2.36. The van der Waals surface area contributed by atoms with Crippen molar-refractivity contribution in [3.8, 4) is 0 Å². The minimum atomic E-state index is -0.554. The summed E-state index contributed by atoms with van der Waals surface area (Å²) in [6, 6.07) is 0. The van der Waals surface area contributed by atoms with Gasteiger partial charge in [-0.2, -0.15) is 0 Å². The maximum Gasteiger partial charge on any atom is 0.311 e. The molecule has 1 N–H and O–H groups in total. The van der Waals surface area contributed by atoms with Gasteiger partial charge < -0.3 is 10.0 Å². The molecule has 0 aromatic rings. The molecule has 1 unspecified atom stereocenters. The summed E-state index contributed by atoms with van der Waals surface area (Å²) < 4.78 is 0. The van der Waals surface area contributed by atoms with E-state index in [1.807, 2.05) is 0 Å². The van der Waals surface area contributed by atoms with Crippen LogP contribution in [0, 0.1) is 17.3 Å². The fraction of sp³-hybridized carbons (Fsp3) is 0.923. The van der Waals surface area contributed by atoms with E-state index in [0.29, 0.717) is 11.8 Å². The molecule has 1 heterocycles. The SMILES string of the molecule is CCC(C)CN1C[C@@H]2CCC[C@@]2(C(=O)O)C1. The van der Waals surface area contributed by atoms with Crippen molar-refractivity contribution in [1.29, 1.82) is 0 Å². The van der Waals surface area contributed by atoms with Crippen molar-refractivity contribution < 1.29 is 9.90 Å². The van der Waals surface area contributed by atoms with E-state index in [1.54, 1.807) is 0 Å². The molecule has 1 aliphatic carbocycles. The van der Waals surface area contributed by atoms with Crippen molar-refractivity contribution >= 4 is 5.97 Å². The van der Waals surface area contributed by atoms with E-state index in [2.05, 4.69) is 18.7 Å². The third-order valence-electron chi connectivity index (χ3n) is 4.63. The van der Waals surface area contributed by atoms with Crippen LogP contribution in [0.5, 0.6) is 0 Å². The van der Waals surface area contributed by atoms with Crippen LogP contribution in [0.3, 0.4) is 0 Å². The fourth-order valence-corrected chi connectivity index (χ4v) is 3.45. The number of likely N-dealkylation sites (tertiary alicyclic amines) is 1. The molecule has 2 aliphatic rings. The van der Waals surface area contributed by atoms with Gasteiger partial charge in [0.2, 0.25) is 0 Å². The first kappa shape index (κ1) is 11.9. The summed E-state index contributed by atoms with van der Waals surface area (Å²) in [5, 5.41) is 9.46. The Morgan fingerprint density at radius 1 is 1.62 bits per heavy atom. The van der Waals surface area contributed by atoms with Gasteiger partial charge in [-0.3, -0.25) is 4.79 Å². The second kappa shape index (κ2) is 4.36. The van der Waals surface area contributed by atoms with Gasteiger partial charge in [-0.15, -0.1) is 0 Å². The third-order valence-corrected chi connectivity index (χ3v) is 4.63. The smallest absolute Gasteiger partial charge is 0.311 e. The maximum absolute atomic E-state index is 11.5. The monoisotopic (exact) mass is 225 g/mol. The number of carboxylic acid groups (broad SMARTS) is 1. The predicted octanol–water partition coefficient (Wildman–Crippen LogP) is 2.22. The van der Waals surface area contributed by atoms with Crippen LogP contribution in [-0.4, -0.2) is 35.6 Å². The molecule has 0 aromatic carbocycles. The van der Waals surface area contributed by atoms with E-state index in [1.165, 1.54) is 6.42 Å². The Morgan fingerprint density at radius 3 is 2.94 bits per heavy atom. The van der Waals surface area contributed by atoms with Crippen molar-refractivity contribution in [2.75, 3.05) is 19.6 Å². The van der Waals surface area contributed by atoms with Crippen molar-refractivity contribution in [3.63, 3.8) is 0 Å². The molecular formula is C13H23NO2. The molecule has 1 aliphatic heterocycles. The molecule has 0 amide bonds. The zero-order valence-corrected chi connectivity index (χ0v) is 10.4. The second-order valence-electron chi connectivity index (χ2n) is 5.76. The Bertz CT molecular complexity index is 279. The third kappa shape index (κ3) is 1.86. The van der Waals surface area contributed by atoms with Gasteiger partial charge in [0.1, 0.15) is 0 Å². The molecular weight excluding hydrogens is 202 g/mol. The zero-order valence-electron chi connectivity index (χ0n) is 10.4. The molecule has 92 valence electrons. The molecule has 3 nitrogen and oxygen atoms in total. The second-order valence-corrected chi connectivity index (χ2v) is 5.76. The summed E-state index contributed by atoms with van der Waals surface area (Å²) in [5.41, 5.74) is -0.395. The first-order chi connectivity index (χ1) is 7.58. The van der Waals surface area contributed by atoms with E-state index in [-0.39, 0.29) is 0 Å². The molecule has 0 bridgehead atoms. The lowest BCUT2D eigenvalue weighted by Gasteiger charge is -2.24. The molecule has 0 spiro atoms. The number of nitrogens with zero attached hydrogens (tertiary/aromatic N) is 1. The van der Waals surface area contributed by atoms with Crippen LogP contribution in [-0.2, 0) is 4.79 Å². The van der Waals surface area contributed by atoms with Crippen LogP contribution in [0.25, 0.3) is 0 Å². The molecule has 2 rings (SSSR count). The minimum absolute atomic E-state index is 0.395. The minimum Gasteiger partial charge on any atom is -0.481 e. The normalized spacial score (nSPS) is 36.2. The average Bonchev–Trinajstić information content (AvgIpc) is 2.74. The van der Waals surface area contributed by atoms with Gasteiger partial charge >= 0.3 is 5.97 Å². The summed E-state index contributed by atoms with van der Waals surface area (Å²) in [4.78, 5) is 13.9. The summed E-state index contributed by atoms with van der Waals surface area (Å²) in [7, 11) is 0. The van der Waals surface area contributed by atoms with Crippen molar-refractivity contribution in [3.05, 3.63) is 0 Å². The molecule has 3 heteroatoms. The van der Waals surface area contributed by atoms with Gasteiger partial charge in [0, 0.05) is 19.6 Å². The Hall–Kier alpha value is -0.570. The first-order valence-corrected chi connectivity index (χ1v) is 6.54.